The van der Waals surface area contributed by atoms with Gasteiger partial charge in [0.2, 0.25) is 0 Å². The number of rotatable bonds is 3. The van der Waals surface area contributed by atoms with E-state index in [1.165, 1.54) is 12.7 Å². The molecule has 1 aliphatic rings. The van der Waals surface area contributed by atoms with Gasteiger partial charge in [0.1, 0.15) is 6.04 Å². The minimum Gasteiger partial charge on any atom is -0.467 e. The topological polar surface area (TPSA) is 29.5 Å². The summed E-state index contributed by atoms with van der Waals surface area (Å²) in [5, 5.41) is 0. The van der Waals surface area contributed by atoms with Gasteiger partial charge in [-0.05, 0) is 30.0 Å². The molecule has 17 heavy (non-hydrogen) atoms. The first kappa shape index (κ1) is 12.0. The molecule has 1 fully saturated rings. The lowest BCUT2D eigenvalue weighted by Crippen LogP contribution is -2.53. The summed E-state index contributed by atoms with van der Waals surface area (Å²) in [6.45, 7) is 5.28. The van der Waals surface area contributed by atoms with Crippen LogP contribution in [0.1, 0.15) is 31.7 Å². The number of benzene rings is 1. The Bertz CT molecular complexity index is 414. The summed E-state index contributed by atoms with van der Waals surface area (Å²) in [6.07, 6.45) is 0.887. The average Bonchev–Trinajstić information content (AvgIpc) is 2.27. The van der Waals surface area contributed by atoms with Crippen molar-refractivity contribution in [1.29, 1.82) is 0 Å². The number of nitrogens with zero attached hydrogens (tertiary/aromatic N) is 1. The first-order valence-corrected chi connectivity index (χ1v) is 6.08. The quantitative estimate of drug-likeness (QED) is 0.751. The van der Waals surface area contributed by atoms with E-state index < -0.39 is 0 Å². The Labute approximate surface area is 102 Å². The molecule has 0 spiro atoms. The Kier molecular flexibility index (Phi) is 3.36. The smallest absolute Gasteiger partial charge is 0.328 e. The first-order chi connectivity index (χ1) is 8.13. The summed E-state index contributed by atoms with van der Waals surface area (Å²) < 4.78 is 4.80. The van der Waals surface area contributed by atoms with Crippen molar-refractivity contribution in [2.45, 2.75) is 32.2 Å². The fourth-order valence-corrected chi connectivity index (χ4v) is 2.14. The summed E-state index contributed by atoms with van der Waals surface area (Å²) in [7, 11) is 1.45. The van der Waals surface area contributed by atoms with Crippen LogP contribution in [0.2, 0.25) is 0 Å². The number of hydrogen-bond donors (Lipinski definition) is 0. The molecule has 0 aliphatic carbocycles. The lowest BCUT2D eigenvalue weighted by molar-refractivity contribution is -0.143. The van der Waals surface area contributed by atoms with Gasteiger partial charge in [0.05, 0.1) is 7.11 Å². The second kappa shape index (κ2) is 4.78. The minimum absolute atomic E-state index is 0.0950. The van der Waals surface area contributed by atoms with Gasteiger partial charge in [-0.3, -0.25) is 0 Å². The molecule has 1 heterocycles. The molecule has 1 atom stereocenters. The number of hydrogen-bond acceptors (Lipinski definition) is 3. The fourth-order valence-electron chi connectivity index (χ4n) is 2.14. The average molecular weight is 233 g/mol. The van der Waals surface area contributed by atoms with Gasteiger partial charge in [-0.2, -0.15) is 0 Å². The first-order valence-electron chi connectivity index (χ1n) is 6.08. The van der Waals surface area contributed by atoms with Crippen LogP contribution in [0, 0.1) is 0 Å². The zero-order valence-electron chi connectivity index (χ0n) is 10.6. The lowest BCUT2D eigenvalue weighted by Gasteiger charge is -2.40. The van der Waals surface area contributed by atoms with Crippen LogP contribution in [0.3, 0.4) is 0 Å². The van der Waals surface area contributed by atoms with Crippen molar-refractivity contribution >= 4 is 11.7 Å². The van der Waals surface area contributed by atoms with Crippen LogP contribution in [0.5, 0.6) is 0 Å². The summed E-state index contributed by atoms with van der Waals surface area (Å²) in [5.74, 6) is 0.374. The Morgan fingerprint density at radius 3 is 2.76 bits per heavy atom. The molecular formula is C14H19NO2. The zero-order valence-corrected chi connectivity index (χ0v) is 10.6. The molecule has 1 aliphatic heterocycles. The molecule has 0 N–H and O–H groups in total. The van der Waals surface area contributed by atoms with E-state index in [1.807, 2.05) is 0 Å². The molecule has 2 rings (SSSR count). The van der Waals surface area contributed by atoms with Crippen LogP contribution >= 0.6 is 0 Å². The van der Waals surface area contributed by atoms with Crippen LogP contribution < -0.4 is 4.90 Å². The normalized spacial score (nSPS) is 19.1. The molecule has 3 nitrogen and oxygen atoms in total. The Balaban J connectivity index is 2.17. The molecule has 0 aromatic heterocycles. The van der Waals surface area contributed by atoms with Crippen molar-refractivity contribution in [3.05, 3.63) is 29.8 Å². The third-order valence-electron chi connectivity index (χ3n) is 3.36. The Morgan fingerprint density at radius 2 is 2.24 bits per heavy atom. The van der Waals surface area contributed by atoms with Gasteiger partial charge in [0, 0.05) is 12.2 Å². The van der Waals surface area contributed by atoms with E-state index in [0.29, 0.717) is 5.92 Å². The van der Waals surface area contributed by atoms with Crippen LogP contribution in [-0.4, -0.2) is 25.7 Å². The van der Waals surface area contributed by atoms with E-state index in [1.54, 1.807) is 0 Å². The highest BCUT2D eigenvalue weighted by atomic mass is 16.5. The molecule has 3 heteroatoms. The number of carbonyl (C=O) groups excluding carboxylic acids is 1. The molecule has 0 bridgehead atoms. The third-order valence-corrected chi connectivity index (χ3v) is 3.36. The van der Waals surface area contributed by atoms with E-state index >= 15 is 0 Å². The van der Waals surface area contributed by atoms with Crippen molar-refractivity contribution in [1.82, 2.24) is 0 Å². The fraction of sp³-hybridized carbons (Fsp3) is 0.500. The Morgan fingerprint density at radius 1 is 1.47 bits per heavy atom. The summed E-state index contributed by atoms with van der Waals surface area (Å²) in [4.78, 5) is 13.6. The monoisotopic (exact) mass is 233 g/mol. The molecule has 1 saturated heterocycles. The van der Waals surface area contributed by atoms with Crippen molar-refractivity contribution in [3.8, 4) is 0 Å². The highest BCUT2D eigenvalue weighted by Gasteiger charge is 2.35. The number of anilines is 1. The van der Waals surface area contributed by atoms with Crippen molar-refractivity contribution in [2.24, 2.45) is 0 Å². The lowest BCUT2D eigenvalue weighted by atomic mass is 9.98. The molecule has 1 aromatic carbocycles. The summed E-state index contributed by atoms with van der Waals surface area (Å²) in [6, 6.07) is 8.31. The van der Waals surface area contributed by atoms with Crippen LogP contribution in [0.25, 0.3) is 0 Å². The number of methoxy groups -OCH3 is 1. The van der Waals surface area contributed by atoms with E-state index in [0.717, 1.165) is 18.7 Å². The van der Waals surface area contributed by atoms with Crippen molar-refractivity contribution < 1.29 is 9.53 Å². The van der Waals surface area contributed by atoms with Gasteiger partial charge in [-0.15, -0.1) is 0 Å². The van der Waals surface area contributed by atoms with E-state index in [-0.39, 0.29) is 12.0 Å². The molecule has 92 valence electrons. The maximum Gasteiger partial charge on any atom is 0.328 e. The van der Waals surface area contributed by atoms with Crippen LogP contribution in [-0.2, 0) is 9.53 Å². The predicted octanol–water partition coefficient (Wildman–Crippen LogP) is 2.56. The molecule has 0 saturated carbocycles. The molecule has 0 radical (unpaired) electrons. The van der Waals surface area contributed by atoms with Gasteiger partial charge >= 0.3 is 5.97 Å². The van der Waals surface area contributed by atoms with Gasteiger partial charge in [-0.25, -0.2) is 4.79 Å². The van der Waals surface area contributed by atoms with Crippen molar-refractivity contribution in [3.63, 3.8) is 0 Å². The van der Waals surface area contributed by atoms with Crippen LogP contribution in [0.15, 0.2) is 24.3 Å². The zero-order chi connectivity index (χ0) is 12.4. The highest BCUT2D eigenvalue weighted by molar-refractivity contribution is 5.82. The maximum absolute atomic E-state index is 11.5. The molecule has 0 amide bonds. The highest BCUT2D eigenvalue weighted by Crippen LogP contribution is 2.29. The van der Waals surface area contributed by atoms with Gasteiger partial charge < -0.3 is 9.64 Å². The standard InChI is InChI=1S/C14H19NO2/c1-10(2)11-5-4-6-12(9-11)15-8-7-13(15)14(16)17-3/h4-6,9-10,13H,7-8H2,1-3H3. The number of carbonyl (C=O) groups is 1. The van der Waals surface area contributed by atoms with E-state index in [2.05, 4.69) is 43.0 Å². The summed E-state index contributed by atoms with van der Waals surface area (Å²) in [5.41, 5.74) is 2.43. The SMILES string of the molecule is COC(=O)C1CCN1c1cccc(C(C)C)c1. The summed E-state index contributed by atoms with van der Waals surface area (Å²) >= 11 is 0. The van der Waals surface area contributed by atoms with E-state index in [4.69, 9.17) is 4.74 Å². The molecule has 1 aromatic rings. The number of esters is 1. The van der Waals surface area contributed by atoms with E-state index in [9.17, 15) is 4.79 Å². The third kappa shape index (κ3) is 2.28. The van der Waals surface area contributed by atoms with Gasteiger partial charge in [0.25, 0.3) is 0 Å². The molecule has 1 unspecified atom stereocenters. The second-order valence-corrected chi connectivity index (χ2v) is 4.77. The predicted molar refractivity (Wildman–Crippen MR) is 68.3 cm³/mol. The Hall–Kier alpha value is -1.51. The van der Waals surface area contributed by atoms with Gasteiger partial charge in [-0.1, -0.05) is 26.0 Å². The number of ether oxygens (including phenoxy) is 1. The van der Waals surface area contributed by atoms with Crippen LogP contribution in [0.4, 0.5) is 5.69 Å². The minimum atomic E-state index is -0.133. The largest absolute Gasteiger partial charge is 0.467 e. The van der Waals surface area contributed by atoms with Gasteiger partial charge in [0.15, 0.2) is 0 Å². The molecular weight excluding hydrogens is 214 g/mol. The van der Waals surface area contributed by atoms with Crippen molar-refractivity contribution in [2.75, 3.05) is 18.6 Å². The second-order valence-electron chi connectivity index (χ2n) is 4.77. The maximum atomic E-state index is 11.5.